The molecular formula is C23H16Cl2FN3O2S. The Morgan fingerprint density at radius 2 is 1.78 bits per heavy atom. The minimum atomic E-state index is -0.590. The van der Waals surface area contributed by atoms with Crippen LogP contribution in [0.3, 0.4) is 0 Å². The molecule has 0 bridgehead atoms. The summed E-state index contributed by atoms with van der Waals surface area (Å²) in [4.78, 5) is 27.1. The molecule has 162 valence electrons. The zero-order valence-electron chi connectivity index (χ0n) is 16.9. The number of aromatic nitrogens is 1. The Balaban J connectivity index is 1.77. The number of rotatable bonds is 3. The van der Waals surface area contributed by atoms with Gasteiger partial charge in [0.2, 0.25) is 0 Å². The largest absolute Gasteiger partial charge is 0.318 e. The smallest absolute Gasteiger partial charge is 0.270 e. The number of amides is 2. The topological polar surface area (TPSA) is 54.3 Å². The molecule has 0 saturated carbocycles. The van der Waals surface area contributed by atoms with Gasteiger partial charge >= 0.3 is 0 Å². The van der Waals surface area contributed by atoms with E-state index in [0.29, 0.717) is 22.0 Å². The molecule has 0 spiro atoms. The lowest BCUT2D eigenvalue weighted by atomic mass is 10.1. The van der Waals surface area contributed by atoms with E-state index in [0.717, 1.165) is 11.4 Å². The predicted octanol–water partition coefficient (Wildman–Crippen LogP) is 5.37. The molecule has 32 heavy (non-hydrogen) atoms. The first-order valence-corrected chi connectivity index (χ1v) is 10.6. The van der Waals surface area contributed by atoms with Crippen molar-refractivity contribution in [2.24, 2.45) is 0 Å². The highest BCUT2D eigenvalue weighted by Crippen LogP contribution is 2.28. The third-order valence-electron chi connectivity index (χ3n) is 5.10. The van der Waals surface area contributed by atoms with Gasteiger partial charge in [0.25, 0.3) is 11.8 Å². The van der Waals surface area contributed by atoms with Crippen LogP contribution >= 0.6 is 35.4 Å². The van der Waals surface area contributed by atoms with Crippen molar-refractivity contribution in [3.8, 4) is 5.69 Å². The fraction of sp³-hybridized carbons (Fsp3) is 0.0870. The Hall–Kier alpha value is -3.00. The summed E-state index contributed by atoms with van der Waals surface area (Å²) in [5, 5.41) is 2.97. The van der Waals surface area contributed by atoms with Crippen molar-refractivity contribution in [1.29, 1.82) is 0 Å². The molecule has 5 nitrogen and oxygen atoms in total. The van der Waals surface area contributed by atoms with Crippen LogP contribution in [-0.4, -0.2) is 21.5 Å². The Morgan fingerprint density at radius 3 is 2.47 bits per heavy atom. The van der Waals surface area contributed by atoms with Gasteiger partial charge in [-0.1, -0.05) is 29.3 Å². The fourth-order valence-corrected chi connectivity index (χ4v) is 4.26. The van der Waals surface area contributed by atoms with Gasteiger partial charge in [0.05, 0.1) is 10.7 Å². The van der Waals surface area contributed by atoms with E-state index in [2.05, 4.69) is 5.32 Å². The highest BCUT2D eigenvalue weighted by molar-refractivity contribution is 7.80. The summed E-state index contributed by atoms with van der Waals surface area (Å²) in [6.45, 7) is 3.70. The fourth-order valence-electron chi connectivity index (χ4n) is 3.62. The molecule has 1 aliphatic rings. The number of nitrogens with one attached hydrogen (secondary N) is 1. The van der Waals surface area contributed by atoms with Crippen LogP contribution in [0, 0.1) is 19.7 Å². The summed E-state index contributed by atoms with van der Waals surface area (Å²) in [5.74, 6) is -1.66. The van der Waals surface area contributed by atoms with Crippen molar-refractivity contribution >= 4 is 64.1 Å². The standard InChI is InChI=1S/C23H16Cl2FN3O2S/c1-12-8-14(13(2)28(12)17-6-7-20(26)19(25)11-17)9-18-21(30)27-23(32)29(22(18)31)16-5-3-4-15(24)10-16/h3-11H,1-2H3,(H,27,30,32)/b18-9+. The van der Waals surface area contributed by atoms with Gasteiger partial charge in [-0.15, -0.1) is 0 Å². The first-order chi connectivity index (χ1) is 15.2. The van der Waals surface area contributed by atoms with Crippen molar-refractivity contribution in [3.63, 3.8) is 0 Å². The van der Waals surface area contributed by atoms with Crippen LogP contribution in [0.25, 0.3) is 11.8 Å². The minimum absolute atomic E-state index is 0.00224. The molecule has 4 rings (SSSR count). The summed E-state index contributed by atoms with van der Waals surface area (Å²) < 4.78 is 15.5. The molecule has 0 unspecified atom stereocenters. The molecule has 2 heterocycles. The lowest BCUT2D eigenvalue weighted by Gasteiger charge is -2.29. The molecule has 0 atom stereocenters. The van der Waals surface area contributed by atoms with Crippen LogP contribution < -0.4 is 10.2 Å². The van der Waals surface area contributed by atoms with Crippen LogP contribution in [-0.2, 0) is 9.59 Å². The van der Waals surface area contributed by atoms with Crippen LogP contribution in [0.5, 0.6) is 0 Å². The van der Waals surface area contributed by atoms with Crippen molar-refractivity contribution in [2.45, 2.75) is 13.8 Å². The number of hydrogen-bond donors (Lipinski definition) is 1. The lowest BCUT2D eigenvalue weighted by Crippen LogP contribution is -2.54. The van der Waals surface area contributed by atoms with E-state index in [1.54, 1.807) is 30.3 Å². The molecule has 0 aliphatic carbocycles. The van der Waals surface area contributed by atoms with Crippen LogP contribution in [0.4, 0.5) is 10.1 Å². The second-order valence-corrected chi connectivity index (χ2v) is 8.43. The van der Waals surface area contributed by atoms with Gasteiger partial charge in [0.1, 0.15) is 11.4 Å². The van der Waals surface area contributed by atoms with Gasteiger partial charge in [-0.3, -0.25) is 19.8 Å². The highest BCUT2D eigenvalue weighted by Gasteiger charge is 2.34. The summed E-state index contributed by atoms with van der Waals surface area (Å²) in [5.41, 5.74) is 3.27. The summed E-state index contributed by atoms with van der Waals surface area (Å²) in [7, 11) is 0. The number of hydrogen-bond acceptors (Lipinski definition) is 3. The van der Waals surface area contributed by atoms with E-state index in [1.807, 2.05) is 24.5 Å². The Labute approximate surface area is 199 Å². The highest BCUT2D eigenvalue weighted by atomic mass is 35.5. The van der Waals surface area contributed by atoms with E-state index in [-0.39, 0.29) is 15.7 Å². The first-order valence-electron chi connectivity index (χ1n) is 9.49. The van der Waals surface area contributed by atoms with Crippen LogP contribution in [0.15, 0.2) is 54.1 Å². The number of halogens is 3. The van der Waals surface area contributed by atoms with E-state index in [1.165, 1.54) is 23.1 Å². The summed E-state index contributed by atoms with van der Waals surface area (Å²) in [6.07, 6.45) is 1.51. The van der Waals surface area contributed by atoms with Gasteiger partial charge < -0.3 is 4.57 Å². The van der Waals surface area contributed by atoms with E-state index < -0.39 is 17.6 Å². The Kier molecular flexibility index (Phi) is 5.90. The Bertz CT molecular complexity index is 1330. The van der Waals surface area contributed by atoms with Crippen molar-refractivity contribution in [1.82, 2.24) is 9.88 Å². The molecule has 3 aromatic rings. The molecule has 1 aromatic heterocycles. The van der Waals surface area contributed by atoms with Gasteiger partial charge in [-0.25, -0.2) is 4.39 Å². The molecule has 1 aliphatic heterocycles. The SMILES string of the molecule is Cc1cc(/C=C2\C(=O)NC(=S)N(c3cccc(Cl)c3)C2=O)c(C)n1-c1ccc(F)c(Cl)c1. The second kappa shape index (κ2) is 8.50. The van der Waals surface area contributed by atoms with Crippen molar-refractivity contribution in [3.05, 3.63) is 86.9 Å². The minimum Gasteiger partial charge on any atom is -0.318 e. The quantitative estimate of drug-likeness (QED) is 0.307. The second-order valence-electron chi connectivity index (χ2n) is 7.20. The summed E-state index contributed by atoms with van der Waals surface area (Å²) >= 11 is 17.2. The average molecular weight is 488 g/mol. The molecule has 9 heteroatoms. The van der Waals surface area contributed by atoms with Crippen LogP contribution in [0.2, 0.25) is 10.0 Å². The zero-order valence-corrected chi connectivity index (χ0v) is 19.3. The number of thiocarbonyl (C=S) groups is 1. The van der Waals surface area contributed by atoms with Crippen LogP contribution in [0.1, 0.15) is 17.0 Å². The summed E-state index contributed by atoms with van der Waals surface area (Å²) in [6, 6.07) is 12.9. The number of benzene rings is 2. The van der Waals surface area contributed by atoms with E-state index in [9.17, 15) is 14.0 Å². The third-order valence-corrected chi connectivity index (χ3v) is 5.91. The molecule has 1 fully saturated rings. The van der Waals surface area contributed by atoms with Gasteiger partial charge in [-0.05, 0) is 80.2 Å². The number of aryl methyl sites for hydroxylation is 1. The molecule has 0 radical (unpaired) electrons. The maximum absolute atomic E-state index is 13.6. The number of carbonyl (C=O) groups excluding carboxylic acids is 2. The molecule has 1 N–H and O–H groups in total. The number of anilines is 1. The predicted molar refractivity (Wildman–Crippen MR) is 128 cm³/mol. The Morgan fingerprint density at radius 1 is 1.03 bits per heavy atom. The number of carbonyl (C=O) groups is 2. The zero-order chi connectivity index (χ0) is 23.2. The normalized spacial score (nSPS) is 15.5. The average Bonchev–Trinajstić information content (AvgIpc) is 3.00. The third kappa shape index (κ3) is 3.95. The van der Waals surface area contributed by atoms with Crippen molar-refractivity contribution < 1.29 is 14.0 Å². The van der Waals surface area contributed by atoms with E-state index >= 15 is 0 Å². The van der Waals surface area contributed by atoms with Gasteiger partial charge in [-0.2, -0.15) is 0 Å². The van der Waals surface area contributed by atoms with Gasteiger partial charge in [0, 0.05) is 22.1 Å². The monoisotopic (exact) mass is 487 g/mol. The molecule has 2 amide bonds. The first kappa shape index (κ1) is 22.2. The van der Waals surface area contributed by atoms with Crippen molar-refractivity contribution in [2.75, 3.05) is 4.90 Å². The van der Waals surface area contributed by atoms with Gasteiger partial charge in [0.15, 0.2) is 5.11 Å². The molecule has 1 saturated heterocycles. The van der Waals surface area contributed by atoms with E-state index in [4.69, 9.17) is 35.4 Å². The maximum atomic E-state index is 13.6. The molecule has 2 aromatic carbocycles. The number of nitrogens with zero attached hydrogens (tertiary/aromatic N) is 2. The molecular weight excluding hydrogens is 472 g/mol. The lowest BCUT2D eigenvalue weighted by molar-refractivity contribution is -0.122. The maximum Gasteiger partial charge on any atom is 0.270 e.